The molecule has 4 aliphatic carbocycles. The summed E-state index contributed by atoms with van der Waals surface area (Å²) >= 11 is 0. The number of esters is 2. The van der Waals surface area contributed by atoms with Gasteiger partial charge in [0.25, 0.3) is 0 Å². The standard InChI is InChI=1S/C24H28O8/c1-10-7-24(10)20(30)14-15(17(28)21(24)32-12(3)26)23(6)9-13(31-11(2)25)8-22(4,5)19(23)18(29)16(14)27/h10,13,21,29H,7-9H2,1-6H3. The molecule has 0 amide bonds. The Labute approximate surface area is 186 Å². The van der Waals surface area contributed by atoms with Gasteiger partial charge in [-0.15, -0.1) is 0 Å². The SMILES string of the molecule is CC(=O)OC1CC(C)(C)C2=C(O)C(=O)C3=C(C(=O)C(OC(C)=O)C4(CC4C)C3=O)C2(C)C1. The zero-order valence-corrected chi connectivity index (χ0v) is 19.2. The maximum atomic E-state index is 13.8. The molecule has 4 aliphatic rings. The lowest BCUT2D eigenvalue weighted by Gasteiger charge is -2.52. The summed E-state index contributed by atoms with van der Waals surface area (Å²) in [6.07, 6.45) is -1.12. The Balaban J connectivity index is 1.95. The summed E-state index contributed by atoms with van der Waals surface area (Å²) in [4.78, 5) is 64.3. The molecule has 0 saturated heterocycles. The number of hydrogen-bond acceptors (Lipinski definition) is 8. The third kappa shape index (κ3) is 2.77. The highest BCUT2D eigenvalue weighted by Crippen LogP contribution is 2.65. The number of ketones is 3. The van der Waals surface area contributed by atoms with Crippen LogP contribution in [-0.2, 0) is 33.4 Å². The predicted molar refractivity (Wildman–Crippen MR) is 110 cm³/mol. The normalized spacial score (nSPS) is 37.8. The first kappa shape index (κ1) is 22.4. The van der Waals surface area contributed by atoms with Crippen LogP contribution in [0.5, 0.6) is 0 Å². The summed E-state index contributed by atoms with van der Waals surface area (Å²) in [5.74, 6) is -3.94. The number of carbonyl (C=O) groups is 5. The number of Topliss-reactive ketones (excluding diaryl/α,β-unsaturated/α-hetero) is 3. The van der Waals surface area contributed by atoms with E-state index in [0.717, 1.165) is 0 Å². The highest BCUT2D eigenvalue weighted by atomic mass is 16.6. The van der Waals surface area contributed by atoms with Gasteiger partial charge in [-0.1, -0.05) is 27.7 Å². The summed E-state index contributed by atoms with van der Waals surface area (Å²) in [5.41, 5.74) is -3.31. The fourth-order valence-electron chi connectivity index (χ4n) is 6.58. The molecule has 0 aromatic carbocycles. The van der Waals surface area contributed by atoms with Crippen molar-refractivity contribution in [2.75, 3.05) is 0 Å². The number of ether oxygens (including phenoxy) is 2. The van der Waals surface area contributed by atoms with Crippen molar-refractivity contribution < 1.29 is 38.6 Å². The Kier molecular flexibility index (Phi) is 4.64. The van der Waals surface area contributed by atoms with Crippen LogP contribution in [-0.4, -0.2) is 46.6 Å². The molecule has 1 N–H and O–H groups in total. The smallest absolute Gasteiger partial charge is 0.303 e. The Bertz CT molecular complexity index is 1060. The van der Waals surface area contributed by atoms with Gasteiger partial charge in [-0.2, -0.15) is 0 Å². The van der Waals surface area contributed by atoms with E-state index in [2.05, 4.69) is 0 Å². The third-order valence-corrected chi connectivity index (χ3v) is 7.67. The minimum absolute atomic E-state index is 0.0406. The molecule has 5 atom stereocenters. The van der Waals surface area contributed by atoms with Crippen molar-refractivity contribution in [2.45, 2.75) is 73.0 Å². The van der Waals surface area contributed by atoms with Crippen molar-refractivity contribution in [3.05, 3.63) is 22.5 Å². The molecule has 0 aromatic heterocycles. The molecule has 4 rings (SSSR count). The van der Waals surface area contributed by atoms with Crippen LogP contribution in [0.4, 0.5) is 0 Å². The minimum Gasteiger partial charge on any atom is -0.504 e. The summed E-state index contributed by atoms with van der Waals surface area (Å²) in [5, 5.41) is 11.0. The first-order valence-corrected chi connectivity index (χ1v) is 10.9. The maximum Gasteiger partial charge on any atom is 0.303 e. The molecule has 0 radical (unpaired) electrons. The van der Waals surface area contributed by atoms with E-state index in [1.807, 2.05) is 0 Å². The molecule has 0 aliphatic heterocycles. The van der Waals surface area contributed by atoms with Gasteiger partial charge in [0.05, 0.1) is 11.0 Å². The molecule has 8 nitrogen and oxygen atoms in total. The Morgan fingerprint density at radius 1 is 0.969 bits per heavy atom. The van der Waals surface area contributed by atoms with Crippen molar-refractivity contribution in [1.82, 2.24) is 0 Å². The van der Waals surface area contributed by atoms with Crippen LogP contribution in [0.1, 0.15) is 60.8 Å². The van der Waals surface area contributed by atoms with Gasteiger partial charge >= 0.3 is 11.9 Å². The summed E-state index contributed by atoms with van der Waals surface area (Å²) < 4.78 is 10.9. The summed E-state index contributed by atoms with van der Waals surface area (Å²) in [7, 11) is 0. The van der Waals surface area contributed by atoms with E-state index in [1.165, 1.54) is 13.8 Å². The lowest BCUT2D eigenvalue weighted by Crippen LogP contribution is -2.56. The molecule has 32 heavy (non-hydrogen) atoms. The fourth-order valence-corrected chi connectivity index (χ4v) is 6.58. The summed E-state index contributed by atoms with van der Waals surface area (Å²) in [6.45, 7) is 9.51. The molecule has 0 heterocycles. The van der Waals surface area contributed by atoms with Crippen LogP contribution < -0.4 is 0 Å². The van der Waals surface area contributed by atoms with E-state index in [9.17, 15) is 29.1 Å². The number of hydrogen-bond donors (Lipinski definition) is 1. The van der Waals surface area contributed by atoms with Crippen LogP contribution in [0.15, 0.2) is 22.5 Å². The molecular formula is C24H28O8. The lowest BCUT2D eigenvalue weighted by atomic mass is 9.51. The zero-order chi connectivity index (χ0) is 24.0. The Hall–Kier alpha value is -2.77. The maximum absolute atomic E-state index is 13.8. The Morgan fingerprint density at radius 2 is 1.53 bits per heavy atom. The van der Waals surface area contributed by atoms with Gasteiger partial charge in [0.1, 0.15) is 6.10 Å². The van der Waals surface area contributed by atoms with E-state index >= 15 is 0 Å². The molecule has 1 spiro atoms. The number of carbonyl (C=O) groups excluding carboxylic acids is 5. The number of fused-ring (bicyclic) bond motifs is 2. The average Bonchev–Trinajstić information content (AvgIpc) is 3.29. The second-order valence-electron chi connectivity index (χ2n) is 10.5. The van der Waals surface area contributed by atoms with Crippen LogP contribution in [0.25, 0.3) is 0 Å². The van der Waals surface area contributed by atoms with Crippen molar-refractivity contribution in [3.63, 3.8) is 0 Å². The highest BCUT2D eigenvalue weighted by Gasteiger charge is 2.72. The van der Waals surface area contributed by atoms with Crippen LogP contribution in [0.3, 0.4) is 0 Å². The molecule has 2 fully saturated rings. The first-order chi connectivity index (χ1) is 14.7. The van der Waals surface area contributed by atoms with Gasteiger partial charge in [-0.05, 0) is 36.2 Å². The number of aliphatic hydroxyl groups is 1. The van der Waals surface area contributed by atoms with Crippen LogP contribution in [0.2, 0.25) is 0 Å². The zero-order valence-electron chi connectivity index (χ0n) is 19.2. The number of rotatable bonds is 2. The van der Waals surface area contributed by atoms with Crippen molar-refractivity contribution >= 4 is 29.3 Å². The Morgan fingerprint density at radius 3 is 2.03 bits per heavy atom. The van der Waals surface area contributed by atoms with E-state index in [1.54, 1.807) is 27.7 Å². The molecule has 0 bridgehead atoms. The predicted octanol–water partition coefficient (Wildman–Crippen LogP) is 2.55. The van der Waals surface area contributed by atoms with E-state index in [0.29, 0.717) is 18.4 Å². The number of allylic oxidation sites excluding steroid dienone is 2. The van der Waals surface area contributed by atoms with Crippen molar-refractivity contribution in [1.29, 1.82) is 0 Å². The average molecular weight is 444 g/mol. The van der Waals surface area contributed by atoms with Gasteiger partial charge in [-0.3, -0.25) is 24.0 Å². The second kappa shape index (κ2) is 6.62. The van der Waals surface area contributed by atoms with E-state index in [-0.39, 0.29) is 23.5 Å². The van der Waals surface area contributed by atoms with Crippen LogP contribution in [0, 0.1) is 22.2 Å². The molecule has 172 valence electrons. The molecular weight excluding hydrogens is 416 g/mol. The molecule has 5 unspecified atom stereocenters. The third-order valence-electron chi connectivity index (χ3n) is 7.67. The van der Waals surface area contributed by atoms with E-state index in [4.69, 9.17) is 9.47 Å². The van der Waals surface area contributed by atoms with Gasteiger partial charge in [0.15, 0.2) is 17.6 Å². The molecule has 0 aromatic rings. The van der Waals surface area contributed by atoms with Gasteiger partial charge in [0, 0.05) is 24.8 Å². The van der Waals surface area contributed by atoms with Crippen molar-refractivity contribution in [3.8, 4) is 0 Å². The first-order valence-electron chi connectivity index (χ1n) is 10.9. The van der Waals surface area contributed by atoms with Crippen molar-refractivity contribution in [2.24, 2.45) is 22.2 Å². The summed E-state index contributed by atoms with van der Waals surface area (Å²) in [6, 6.07) is 0. The molecule has 8 heteroatoms. The van der Waals surface area contributed by atoms with Crippen LogP contribution >= 0.6 is 0 Å². The van der Waals surface area contributed by atoms with Gasteiger partial charge < -0.3 is 14.6 Å². The lowest BCUT2D eigenvalue weighted by molar-refractivity contribution is -0.161. The monoisotopic (exact) mass is 444 g/mol. The van der Waals surface area contributed by atoms with Gasteiger partial charge in [0.2, 0.25) is 11.6 Å². The minimum atomic E-state index is -1.32. The van der Waals surface area contributed by atoms with E-state index < -0.39 is 63.5 Å². The molecule has 2 saturated carbocycles. The number of aliphatic hydroxyl groups excluding tert-OH is 1. The fraction of sp³-hybridized carbons (Fsp3) is 0.625. The second-order valence-corrected chi connectivity index (χ2v) is 10.5. The quantitative estimate of drug-likeness (QED) is 0.509. The topological polar surface area (TPSA) is 124 Å². The van der Waals surface area contributed by atoms with Gasteiger partial charge in [-0.25, -0.2) is 0 Å². The highest BCUT2D eigenvalue weighted by molar-refractivity contribution is 6.35. The largest absolute Gasteiger partial charge is 0.504 e.